The van der Waals surface area contributed by atoms with Crippen LogP contribution in [0.25, 0.3) is 0 Å². The van der Waals surface area contributed by atoms with Crippen molar-refractivity contribution in [3.63, 3.8) is 0 Å². The normalized spacial score (nSPS) is 11.9. The summed E-state index contributed by atoms with van der Waals surface area (Å²) in [4.78, 5) is 4.31. The van der Waals surface area contributed by atoms with E-state index in [-0.39, 0.29) is 16.0 Å². The minimum atomic E-state index is -3.68. The van der Waals surface area contributed by atoms with Crippen molar-refractivity contribution in [2.24, 2.45) is 0 Å². The number of aromatic nitrogens is 3. The molecule has 0 aliphatic heterocycles. The monoisotopic (exact) mass is 313 g/mol. The van der Waals surface area contributed by atoms with Crippen molar-refractivity contribution < 1.29 is 8.42 Å². The molecule has 0 fully saturated rings. The Balaban J connectivity index is 2.28. The van der Waals surface area contributed by atoms with Gasteiger partial charge in [0, 0.05) is 12.2 Å². The number of nitrogens with two attached hydrogens (primary N) is 1. The highest BCUT2D eigenvalue weighted by Crippen LogP contribution is 2.22. The van der Waals surface area contributed by atoms with Gasteiger partial charge >= 0.3 is 0 Å². The van der Waals surface area contributed by atoms with E-state index >= 15 is 0 Å². The van der Waals surface area contributed by atoms with E-state index in [2.05, 4.69) is 15.2 Å². The first-order valence-corrected chi connectivity index (χ1v) is 8.21. The van der Waals surface area contributed by atoms with Crippen LogP contribution in [0.1, 0.15) is 18.3 Å². The zero-order valence-corrected chi connectivity index (χ0v) is 12.8. The molecular formula is C11H15N5O2S2. The molecule has 0 aromatic carbocycles. The number of nitrogens with zero attached hydrogens (tertiary/aromatic N) is 4. The number of sulfonamides is 1. The van der Waals surface area contributed by atoms with Crippen LogP contribution >= 0.6 is 11.3 Å². The van der Waals surface area contributed by atoms with E-state index in [1.165, 1.54) is 4.31 Å². The number of nitrogen functional groups attached to an aromatic ring is 1. The van der Waals surface area contributed by atoms with E-state index in [0.717, 1.165) is 17.0 Å². The van der Waals surface area contributed by atoms with Crippen molar-refractivity contribution in [1.82, 2.24) is 19.5 Å². The standard InChI is InChI=1S/C11H15N5O2S2/c1-3-16(7-9-6-4-5-8(2)13-9)20(17,18)11-15-14-10(12)19-11/h4-6H,3,7H2,1-2H3,(H2,12,14). The Hall–Kier alpha value is -1.58. The molecule has 2 heterocycles. The van der Waals surface area contributed by atoms with E-state index < -0.39 is 10.0 Å². The van der Waals surface area contributed by atoms with Crippen LogP contribution in [-0.2, 0) is 16.6 Å². The first-order chi connectivity index (χ1) is 9.43. The van der Waals surface area contributed by atoms with Crippen molar-refractivity contribution in [3.8, 4) is 0 Å². The van der Waals surface area contributed by atoms with Gasteiger partial charge in [0.1, 0.15) is 0 Å². The summed E-state index contributed by atoms with van der Waals surface area (Å²) in [6.07, 6.45) is 0. The number of anilines is 1. The summed E-state index contributed by atoms with van der Waals surface area (Å²) >= 11 is 0.858. The highest BCUT2D eigenvalue weighted by atomic mass is 32.2. The van der Waals surface area contributed by atoms with Crippen LogP contribution in [0, 0.1) is 6.92 Å². The molecule has 0 bridgehead atoms. The fourth-order valence-corrected chi connectivity index (χ4v) is 4.01. The lowest BCUT2D eigenvalue weighted by Crippen LogP contribution is -2.30. The summed E-state index contributed by atoms with van der Waals surface area (Å²) in [7, 11) is -3.68. The predicted octanol–water partition coefficient (Wildman–Crippen LogP) is 1.03. The van der Waals surface area contributed by atoms with Crippen molar-refractivity contribution in [2.45, 2.75) is 24.7 Å². The minimum absolute atomic E-state index is 0.0931. The molecule has 108 valence electrons. The average Bonchev–Trinajstić information content (AvgIpc) is 2.83. The van der Waals surface area contributed by atoms with Crippen molar-refractivity contribution in [2.75, 3.05) is 12.3 Å². The molecule has 2 aromatic heterocycles. The van der Waals surface area contributed by atoms with Gasteiger partial charge in [-0.2, -0.15) is 4.31 Å². The number of hydrogen-bond donors (Lipinski definition) is 1. The maximum Gasteiger partial charge on any atom is 0.272 e. The van der Waals surface area contributed by atoms with E-state index in [1.54, 1.807) is 13.0 Å². The summed E-state index contributed by atoms with van der Waals surface area (Å²) < 4.78 is 26.0. The Bertz CT molecular complexity index is 698. The molecular weight excluding hydrogens is 298 g/mol. The smallest absolute Gasteiger partial charge is 0.272 e. The molecule has 20 heavy (non-hydrogen) atoms. The number of hydrogen-bond acceptors (Lipinski definition) is 7. The predicted molar refractivity (Wildman–Crippen MR) is 76.6 cm³/mol. The lowest BCUT2D eigenvalue weighted by atomic mass is 10.3. The molecule has 0 atom stereocenters. The van der Waals surface area contributed by atoms with Gasteiger partial charge in [-0.1, -0.05) is 24.3 Å². The third-order valence-corrected chi connectivity index (χ3v) is 5.64. The van der Waals surface area contributed by atoms with E-state index in [0.29, 0.717) is 12.2 Å². The second-order valence-electron chi connectivity index (χ2n) is 4.11. The molecule has 2 aromatic rings. The maximum atomic E-state index is 12.4. The molecule has 0 radical (unpaired) electrons. The molecule has 7 nitrogen and oxygen atoms in total. The SMILES string of the molecule is CCN(Cc1cccc(C)n1)S(=O)(=O)c1nnc(N)s1. The molecule has 2 N–H and O–H groups in total. The maximum absolute atomic E-state index is 12.4. The Morgan fingerprint density at radius 1 is 1.35 bits per heavy atom. The summed E-state index contributed by atoms with van der Waals surface area (Å²) in [6, 6.07) is 5.50. The van der Waals surface area contributed by atoms with Gasteiger partial charge in [0.15, 0.2) is 0 Å². The third-order valence-electron chi connectivity index (χ3n) is 2.62. The van der Waals surface area contributed by atoms with Crippen LogP contribution in [0.2, 0.25) is 0 Å². The zero-order chi connectivity index (χ0) is 14.8. The summed E-state index contributed by atoms with van der Waals surface area (Å²) in [6.45, 7) is 4.13. The van der Waals surface area contributed by atoms with Gasteiger partial charge < -0.3 is 5.73 Å². The van der Waals surface area contributed by atoms with Gasteiger partial charge in [-0.3, -0.25) is 4.98 Å². The van der Waals surface area contributed by atoms with Crippen molar-refractivity contribution in [1.29, 1.82) is 0 Å². The van der Waals surface area contributed by atoms with Gasteiger partial charge in [-0.05, 0) is 19.1 Å². The highest BCUT2D eigenvalue weighted by Gasteiger charge is 2.27. The van der Waals surface area contributed by atoms with Crippen molar-refractivity contribution in [3.05, 3.63) is 29.6 Å². The molecule has 0 aliphatic carbocycles. The fourth-order valence-electron chi connectivity index (χ4n) is 1.67. The fraction of sp³-hybridized carbons (Fsp3) is 0.364. The molecule has 2 rings (SSSR count). The molecule has 9 heteroatoms. The Morgan fingerprint density at radius 2 is 2.10 bits per heavy atom. The Morgan fingerprint density at radius 3 is 2.65 bits per heavy atom. The van der Waals surface area contributed by atoms with Crippen LogP contribution in [0.15, 0.2) is 22.5 Å². The van der Waals surface area contributed by atoms with Gasteiger partial charge in [-0.25, -0.2) is 8.42 Å². The summed E-state index contributed by atoms with van der Waals surface area (Å²) in [5.41, 5.74) is 6.97. The topological polar surface area (TPSA) is 102 Å². The van der Waals surface area contributed by atoms with Crippen molar-refractivity contribution >= 4 is 26.5 Å². The largest absolute Gasteiger partial charge is 0.374 e. The van der Waals surface area contributed by atoms with Gasteiger partial charge in [-0.15, -0.1) is 10.2 Å². The quantitative estimate of drug-likeness (QED) is 0.884. The second-order valence-corrected chi connectivity index (χ2v) is 7.23. The van der Waals surface area contributed by atoms with Crippen LogP contribution in [0.3, 0.4) is 0 Å². The minimum Gasteiger partial charge on any atom is -0.374 e. The molecule has 0 unspecified atom stereocenters. The first-order valence-electron chi connectivity index (χ1n) is 5.95. The first kappa shape index (κ1) is 14.8. The summed E-state index contributed by atoms with van der Waals surface area (Å²) in [5.74, 6) is 0. The third kappa shape index (κ3) is 3.11. The van der Waals surface area contributed by atoms with Crippen LogP contribution in [0.4, 0.5) is 5.13 Å². The van der Waals surface area contributed by atoms with Gasteiger partial charge in [0.05, 0.1) is 12.2 Å². The lowest BCUT2D eigenvalue weighted by Gasteiger charge is -2.18. The molecule has 0 saturated heterocycles. The Kier molecular flexibility index (Phi) is 4.31. The van der Waals surface area contributed by atoms with E-state index in [1.807, 2.05) is 19.1 Å². The summed E-state index contributed by atoms with van der Waals surface area (Å²) in [5, 5.41) is 7.29. The second kappa shape index (κ2) is 5.81. The van der Waals surface area contributed by atoms with Gasteiger partial charge in [0.2, 0.25) is 9.47 Å². The Labute approximate surface area is 121 Å². The van der Waals surface area contributed by atoms with E-state index in [9.17, 15) is 8.42 Å². The molecule has 0 spiro atoms. The molecule has 0 saturated carbocycles. The van der Waals surface area contributed by atoms with Crippen LogP contribution < -0.4 is 5.73 Å². The number of rotatable bonds is 5. The van der Waals surface area contributed by atoms with Gasteiger partial charge in [0.25, 0.3) is 10.0 Å². The van der Waals surface area contributed by atoms with Crippen LogP contribution in [-0.4, -0.2) is 34.4 Å². The molecule has 0 aliphatic rings. The average molecular weight is 313 g/mol. The van der Waals surface area contributed by atoms with Crippen LogP contribution in [0.5, 0.6) is 0 Å². The highest BCUT2D eigenvalue weighted by molar-refractivity contribution is 7.91. The van der Waals surface area contributed by atoms with E-state index in [4.69, 9.17) is 5.73 Å². The molecule has 0 amide bonds. The number of aryl methyl sites for hydroxylation is 1. The number of pyridine rings is 1. The zero-order valence-electron chi connectivity index (χ0n) is 11.1. The lowest BCUT2D eigenvalue weighted by molar-refractivity contribution is 0.418.